The molecule has 0 spiro atoms. The van der Waals surface area contributed by atoms with Crippen LogP contribution in [0.5, 0.6) is 11.5 Å². The summed E-state index contributed by atoms with van der Waals surface area (Å²) in [5.74, 6) is -2.82. The number of halogens is 2. The van der Waals surface area contributed by atoms with E-state index in [1.807, 2.05) is 53.9 Å². The number of hydrogen-bond donors (Lipinski definition) is 3. The minimum Gasteiger partial charge on any atom is -0.870 e. The Morgan fingerprint density at radius 1 is 0.739 bits per heavy atom. The molecule has 15 heteroatoms. The van der Waals surface area contributed by atoms with Crippen molar-refractivity contribution >= 4 is 86.7 Å². The molecule has 232 valence electrons. The quantitative estimate of drug-likeness (QED) is 0.169. The Bertz CT molecular complexity index is 2050. The third kappa shape index (κ3) is 7.55. The summed E-state index contributed by atoms with van der Waals surface area (Å²) in [7, 11) is 0. The fourth-order valence-electron chi connectivity index (χ4n) is 4.78. The fraction of sp³-hybridized carbons (Fsp3) is 0.0968. The van der Waals surface area contributed by atoms with Crippen molar-refractivity contribution in [2.75, 3.05) is 0 Å². The van der Waals surface area contributed by atoms with Crippen LogP contribution in [0.2, 0.25) is 0 Å². The van der Waals surface area contributed by atoms with E-state index in [0.29, 0.717) is 27.0 Å². The van der Waals surface area contributed by atoms with E-state index in [0.717, 1.165) is 20.1 Å². The molecule has 0 bridgehead atoms. The van der Waals surface area contributed by atoms with E-state index < -0.39 is 28.6 Å². The first kappa shape index (κ1) is 37.4. The third-order valence-corrected chi connectivity index (χ3v) is 9.55. The maximum atomic E-state index is 12.4. The van der Waals surface area contributed by atoms with Crippen molar-refractivity contribution in [1.82, 2.24) is 9.13 Å². The average Bonchev–Trinajstić information content (AvgIpc) is 3.64. The SMILES string of the molecule is CC(=O)c1c(O)c(=O)n(Cc2cccc(Br)c2)c2ccsc12.O=C(O)c1c(O)c(=O)n(Cc2cccc(Br)c2)c2ccsc12.[Na+].[OH-]. The van der Waals surface area contributed by atoms with Gasteiger partial charge in [-0.1, -0.05) is 56.1 Å². The van der Waals surface area contributed by atoms with Crippen LogP contribution in [-0.2, 0) is 13.1 Å². The molecular formula is C31H23Br2N2NaO8S2. The number of aromatic nitrogens is 2. The number of carboxylic acid groups (broad SMARTS) is 1. The van der Waals surface area contributed by atoms with Gasteiger partial charge in [0.25, 0.3) is 11.1 Å². The van der Waals surface area contributed by atoms with Gasteiger partial charge in [0.1, 0.15) is 5.56 Å². The van der Waals surface area contributed by atoms with Crippen LogP contribution in [0, 0.1) is 0 Å². The van der Waals surface area contributed by atoms with E-state index in [-0.39, 0.29) is 58.5 Å². The van der Waals surface area contributed by atoms with Crippen molar-refractivity contribution in [3.63, 3.8) is 0 Å². The van der Waals surface area contributed by atoms with Gasteiger partial charge < -0.3 is 20.8 Å². The Balaban J connectivity index is 0.000000240. The number of ketones is 1. The number of fused-ring (bicyclic) bond motifs is 2. The van der Waals surface area contributed by atoms with Crippen LogP contribution in [0.1, 0.15) is 38.8 Å². The minimum absolute atomic E-state index is 0. The monoisotopic (exact) mass is 796 g/mol. The first-order valence-corrected chi connectivity index (χ1v) is 16.2. The molecule has 4 aromatic heterocycles. The predicted octanol–water partition coefficient (Wildman–Crippen LogP) is 3.89. The number of nitrogens with zero attached hydrogens (tertiary/aromatic N) is 2. The van der Waals surface area contributed by atoms with Gasteiger partial charge in [-0.15, -0.1) is 22.7 Å². The first-order valence-electron chi connectivity index (χ1n) is 12.9. The second kappa shape index (κ2) is 15.7. The van der Waals surface area contributed by atoms with Crippen molar-refractivity contribution in [3.05, 3.63) is 123 Å². The predicted molar refractivity (Wildman–Crippen MR) is 181 cm³/mol. The number of rotatable bonds is 6. The van der Waals surface area contributed by atoms with E-state index in [2.05, 4.69) is 31.9 Å². The van der Waals surface area contributed by atoms with E-state index in [9.17, 15) is 34.5 Å². The van der Waals surface area contributed by atoms with Gasteiger partial charge in [-0.25, -0.2) is 4.79 Å². The van der Waals surface area contributed by atoms with Gasteiger partial charge in [-0.05, 0) is 65.2 Å². The number of thiophene rings is 2. The second-order valence-electron chi connectivity index (χ2n) is 9.62. The number of Topliss-reactive ketones (excluding diaryl/α,β-unsaturated/α-hetero) is 1. The summed E-state index contributed by atoms with van der Waals surface area (Å²) in [5, 5.41) is 32.9. The van der Waals surface area contributed by atoms with Gasteiger partial charge in [0.15, 0.2) is 17.3 Å². The summed E-state index contributed by atoms with van der Waals surface area (Å²) < 4.78 is 5.71. The molecular weight excluding hydrogens is 775 g/mol. The number of carboxylic acids is 1. The molecule has 0 fully saturated rings. The Labute approximate surface area is 308 Å². The molecule has 0 amide bonds. The van der Waals surface area contributed by atoms with Crippen molar-refractivity contribution in [1.29, 1.82) is 0 Å². The zero-order chi connectivity index (χ0) is 31.7. The maximum absolute atomic E-state index is 12.4. The molecule has 6 rings (SSSR count). The van der Waals surface area contributed by atoms with Crippen LogP contribution in [0.25, 0.3) is 20.4 Å². The summed E-state index contributed by atoms with van der Waals surface area (Å²) in [5.41, 5.74) is 1.49. The van der Waals surface area contributed by atoms with E-state index in [1.165, 1.54) is 38.7 Å². The van der Waals surface area contributed by atoms with Crippen molar-refractivity contribution in [3.8, 4) is 11.5 Å². The molecule has 0 unspecified atom stereocenters. The molecule has 2 aromatic carbocycles. The summed E-state index contributed by atoms with van der Waals surface area (Å²) in [6, 6.07) is 18.5. The van der Waals surface area contributed by atoms with Gasteiger partial charge >= 0.3 is 35.5 Å². The first-order chi connectivity index (χ1) is 21.0. The van der Waals surface area contributed by atoms with Crippen LogP contribution < -0.4 is 40.7 Å². The number of pyridine rings is 2. The summed E-state index contributed by atoms with van der Waals surface area (Å²) in [4.78, 5) is 47.8. The largest absolute Gasteiger partial charge is 1.00 e. The number of aromatic hydroxyl groups is 2. The normalized spacial score (nSPS) is 10.5. The van der Waals surface area contributed by atoms with E-state index in [1.54, 1.807) is 17.5 Å². The van der Waals surface area contributed by atoms with Crippen LogP contribution in [0.3, 0.4) is 0 Å². The molecule has 0 aliphatic heterocycles. The second-order valence-corrected chi connectivity index (χ2v) is 13.3. The molecule has 0 saturated heterocycles. The molecule has 46 heavy (non-hydrogen) atoms. The molecule has 0 aliphatic carbocycles. The number of carbonyl (C=O) groups excluding carboxylic acids is 1. The van der Waals surface area contributed by atoms with Crippen LogP contribution >= 0.6 is 54.5 Å². The zero-order valence-corrected chi connectivity index (χ0v) is 31.0. The van der Waals surface area contributed by atoms with Gasteiger partial charge in [-0.2, -0.15) is 0 Å². The van der Waals surface area contributed by atoms with Crippen molar-refractivity contribution < 1.29 is 59.9 Å². The molecule has 6 aromatic rings. The molecule has 4 N–H and O–H groups in total. The van der Waals surface area contributed by atoms with Crippen molar-refractivity contribution in [2.24, 2.45) is 0 Å². The Morgan fingerprint density at radius 3 is 1.54 bits per heavy atom. The third-order valence-electron chi connectivity index (χ3n) is 6.72. The van der Waals surface area contributed by atoms with Crippen LogP contribution in [-0.4, -0.2) is 41.7 Å². The van der Waals surface area contributed by atoms with E-state index >= 15 is 0 Å². The zero-order valence-electron chi connectivity index (χ0n) is 24.2. The van der Waals surface area contributed by atoms with E-state index in [4.69, 9.17) is 0 Å². The van der Waals surface area contributed by atoms with Gasteiger partial charge in [-0.3, -0.25) is 23.5 Å². The Hall–Kier alpha value is -3.08. The molecule has 0 aliphatic rings. The number of aromatic carboxylic acids is 1. The standard InChI is InChI=1S/C16H12BrNO3S.C15H10BrNO4S.Na.H2O/c1-9(19)13-14(20)16(21)18(12-5-6-22-15(12)13)8-10-3-2-4-11(17)7-10;16-9-3-1-2-8(6-9)7-17-10-4-5-22-13(10)11(15(20)21)12(18)14(17)19;;/h2-7,20H,8H2,1H3;1-6,18H,7H2,(H,20,21);;1H2/q;;+1;/p-1. The average molecular weight is 798 g/mol. The smallest absolute Gasteiger partial charge is 0.870 e. The summed E-state index contributed by atoms with van der Waals surface area (Å²) in [6.07, 6.45) is 0. The molecule has 0 atom stereocenters. The van der Waals surface area contributed by atoms with Crippen LogP contribution in [0.4, 0.5) is 0 Å². The van der Waals surface area contributed by atoms with Crippen molar-refractivity contribution in [2.45, 2.75) is 20.0 Å². The Kier molecular flexibility index (Phi) is 12.7. The van der Waals surface area contributed by atoms with Gasteiger partial charge in [0, 0.05) is 8.95 Å². The van der Waals surface area contributed by atoms with Gasteiger partial charge in [0.2, 0.25) is 0 Å². The summed E-state index contributed by atoms with van der Waals surface area (Å²) in [6.45, 7) is 1.93. The maximum Gasteiger partial charge on any atom is 1.00 e. The molecule has 4 heterocycles. The molecule has 0 radical (unpaired) electrons. The summed E-state index contributed by atoms with van der Waals surface area (Å²) >= 11 is 9.30. The van der Waals surface area contributed by atoms with Crippen LogP contribution in [0.15, 0.2) is 90.0 Å². The fourth-order valence-corrected chi connectivity index (χ4v) is 7.60. The Morgan fingerprint density at radius 2 is 1.15 bits per heavy atom. The molecule has 0 saturated carbocycles. The van der Waals surface area contributed by atoms with Gasteiger partial charge in [0.05, 0.1) is 39.1 Å². The number of carbonyl (C=O) groups is 2. The number of hydrogen-bond acceptors (Lipinski definition) is 9. The topological polar surface area (TPSA) is 169 Å². The minimum atomic E-state index is -1.31. The molecule has 10 nitrogen and oxygen atoms in total. The number of benzene rings is 2.